The molecule has 1 aromatic heterocycles. The van der Waals surface area contributed by atoms with E-state index < -0.39 is 0 Å². The van der Waals surface area contributed by atoms with E-state index in [1.165, 1.54) is 38.5 Å². The number of para-hydroxylation sites is 2. The van der Waals surface area contributed by atoms with Crippen LogP contribution in [0.25, 0.3) is 11.0 Å². The number of hydrogen-bond donors (Lipinski definition) is 1. The normalized spacial score (nSPS) is 21.9. The Balaban J connectivity index is 1.53. The largest absolute Gasteiger partial charge is 0.326 e. The van der Waals surface area contributed by atoms with Crippen molar-refractivity contribution in [2.24, 2.45) is 0 Å². The Morgan fingerprint density at radius 3 is 2.50 bits per heavy atom. The van der Waals surface area contributed by atoms with Crippen LogP contribution in [0.4, 0.5) is 0 Å². The van der Waals surface area contributed by atoms with Gasteiger partial charge in [-0.25, -0.2) is 4.79 Å². The average molecular weight is 354 g/mol. The summed E-state index contributed by atoms with van der Waals surface area (Å²) in [5.41, 5.74) is 2.43. The van der Waals surface area contributed by atoms with Gasteiger partial charge in [0.15, 0.2) is 0 Å². The van der Waals surface area contributed by atoms with Crippen LogP contribution >= 0.6 is 0 Å². The Morgan fingerprint density at radius 1 is 1.12 bits per heavy atom. The lowest BCUT2D eigenvalue weighted by molar-refractivity contribution is 0.0323. The standard InChI is InChI=1S/C22H31N3O/c1-2-13-22(14-7-3-4-8-15-22)24-16-11-18(12-17-24)25-20-10-6-5-9-19(20)23-21(25)26/h3-6,9-10,18H,2,7-8,11-17H2,1H3,(H,23,26). The highest BCUT2D eigenvalue weighted by molar-refractivity contribution is 5.75. The van der Waals surface area contributed by atoms with Crippen LogP contribution in [-0.4, -0.2) is 33.1 Å². The van der Waals surface area contributed by atoms with Gasteiger partial charge in [0.25, 0.3) is 0 Å². The number of aromatic nitrogens is 2. The van der Waals surface area contributed by atoms with Crippen molar-refractivity contribution in [1.29, 1.82) is 0 Å². The monoisotopic (exact) mass is 353 g/mol. The number of imidazole rings is 1. The van der Waals surface area contributed by atoms with Crippen molar-refractivity contribution in [2.75, 3.05) is 13.1 Å². The summed E-state index contributed by atoms with van der Waals surface area (Å²) in [4.78, 5) is 18.3. The van der Waals surface area contributed by atoms with Gasteiger partial charge in [0.05, 0.1) is 11.0 Å². The molecule has 0 spiro atoms. The summed E-state index contributed by atoms with van der Waals surface area (Å²) >= 11 is 0. The Labute approximate surface area is 155 Å². The maximum Gasteiger partial charge on any atom is 0.326 e. The smallest absolute Gasteiger partial charge is 0.306 e. The van der Waals surface area contributed by atoms with Gasteiger partial charge in [0, 0.05) is 24.7 Å². The summed E-state index contributed by atoms with van der Waals surface area (Å²) in [5, 5.41) is 0. The minimum atomic E-state index is 0.0478. The molecule has 2 aliphatic rings. The van der Waals surface area contributed by atoms with Gasteiger partial charge in [-0.1, -0.05) is 37.6 Å². The van der Waals surface area contributed by atoms with Crippen LogP contribution in [-0.2, 0) is 0 Å². The number of aromatic amines is 1. The highest BCUT2D eigenvalue weighted by Gasteiger charge is 2.37. The molecule has 0 unspecified atom stereocenters. The number of H-pyrrole nitrogens is 1. The second kappa shape index (κ2) is 7.43. The molecule has 0 atom stereocenters. The predicted octanol–water partition coefficient (Wildman–Crippen LogP) is 4.64. The number of nitrogens with zero attached hydrogens (tertiary/aromatic N) is 2. The van der Waals surface area contributed by atoms with E-state index in [1.54, 1.807) is 0 Å². The highest BCUT2D eigenvalue weighted by Crippen LogP contribution is 2.38. The number of allylic oxidation sites excluding steroid dienone is 2. The summed E-state index contributed by atoms with van der Waals surface area (Å²) in [6, 6.07) is 8.39. The second-order valence-electron chi connectivity index (χ2n) is 8.06. The molecule has 1 aliphatic heterocycles. The van der Waals surface area contributed by atoms with E-state index in [-0.39, 0.29) is 5.69 Å². The Hall–Kier alpha value is -1.81. The van der Waals surface area contributed by atoms with Crippen LogP contribution in [0.5, 0.6) is 0 Å². The van der Waals surface area contributed by atoms with Gasteiger partial charge < -0.3 is 4.98 Å². The van der Waals surface area contributed by atoms with E-state index >= 15 is 0 Å². The fraction of sp³-hybridized carbons (Fsp3) is 0.591. The number of hydrogen-bond acceptors (Lipinski definition) is 2. The number of piperidine rings is 1. The Morgan fingerprint density at radius 2 is 1.81 bits per heavy atom. The van der Waals surface area contributed by atoms with Crippen molar-refractivity contribution in [3.63, 3.8) is 0 Å². The fourth-order valence-corrected chi connectivity index (χ4v) is 5.29. The third-order valence-corrected chi connectivity index (χ3v) is 6.56. The first kappa shape index (κ1) is 17.6. The van der Waals surface area contributed by atoms with E-state index in [1.807, 2.05) is 22.8 Å². The molecule has 2 aromatic rings. The molecule has 140 valence electrons. The lowest BCUT2D eigenvalue weighted by atomic mass is 9.82. The number of benzene rings is 1. The topological polar surface area (TPSA) is 41.0 Å². The molecule has 4 heteroatoms. The zero-order chi connectivity index (χ0) is 18.0. The van der Waals surface area contributed by atoms with Crippen LogP contribution in [0.1, 0.15) is 64.3 Å². The molecule has 1 aromatic carbocycles. The van der Waals surface area contributed by atoms with Crippen LogP contribution < -0.4 is 5.69 Å². The molecule has 0 saturated carbocycles. The molecule has 0 radical (unpaired) electrons. The Kier molecular flexibility index (Phi) is 5.03. The fourth-order valence-electron chi connectivity index (χ4n) is 5.29. The summed E-state index contributed by atoms with van der Waals surface area (Å²) in [7, 11) is 0. The molecule has 2 heterocycles. The number of rotatable bonds is 4. The van der Waals surface area contributed by atoms with Crippen molar-refractivity contribution in [2.45, 2.75) is 69.9 Å². The first-order valence-electron chi connectivity index (χ1n) is 10.3. The SMILES string of the molecule is CCCC1(N2CCC(n3c(=O)[nH]c4ccccc43)CC2)CCC=CCC1. The third kappa shape index (κ3) is 3.16. The van der Waals surface area contributed by atoms with Crippen molar-refractivity contribution < 1.29 is 0 Å². The summed E-state index contributed by atoms with van der Waals surface area (Å²) in [6.07, 6.45) is 14.4. The number of likely N-dealkylation sites (tertiary alicyclic amines) is 1. The van der Waals surface area contributed by atoms with Gasteiger partial charge in [0.1, 0.15) is 0 Å². The molecule has 1 aliphatic carbocycles. The van der Waals surface area contributed by atoms with E-state index in [4.69, 9.17) is 0 Å². The molecular weight excluding hydrogens is 322 g/mol. The zero-order valence-electron chi connectivity index (χ0n) is 15.9. The van der Waals surface area contributed by atoms with Gasteiger partial charge in [-0.15, -0.1) is 0 Å². The quantitative estimate of drug-likeness (QED) is 0.814. The average Bonchev–Trinajstić information content (AvgIpc) is 2.83. The van der Waals surface area contributed by atoms with E-state index in [0.717, 1.165) is 37.0 Å². The molecule has 4 rings (SSSR count). The third-order valence-electron chi connectivity index (χ3n) is 6.56. The van der Waals surface area contributed by atoms with E-state index in [9.17, 15) is 4.79 Å². The van der Waals surface area contributed by atoms with Crippen LogP contribution in [0.15, 0.2) is 41.2 Å². The van der Waals surface area contributed by atoms with Crippen molar-refractivity contribution in [3.05, 3.63) is 46.9 Å². The van der Waals surface area contributed by atoms with Gasteiger partial charge in [-0.3, -0.25) is 9.47 Å². The van der Waals surface area contributed by atoms with E-state index in [2.05, 4.69) is 35.0 Å². The summed E-state index contributed by atoms with van der Waals surface area (Å²) in [6.45, 7) is 4.53. The highest BCUT2D eigenvalue weighted by atomic mass is 16.1. The molecule has 1 saturated heterocycles. The first-order valence-corrected chi connectivity index (χ1v) is 10.3. The number of fused-ring (bicyclic) bond motifs is 1. The minimum Gasteiger partial charge on any atom is -0.306 e. The maximum absolute atomic E-state index is 12.5. The lowest BCUT2D eigenvalue weighted by Gasteiger charge is -2.47. The van der Waals surface area contributed by atoms with Crippen LogP contribution in [0.3, 0.4) is 0 Å². The lowest BCUT2D eigenvalue weighted by Crippen LogP contribution is -2.52. The molecule has 4 nitrogen and oxygen atoms in total. The number of nitrogens with one attached hydrogen (secondary N) is 1. The van der Waals surface area contributed by atoms with Crippen molar-refractivity contribution in [3.8, 4) is 0 Å². The predicted molar refractivity (Wildman–Crippen MR) is 108 cm³/mol. The maximum atomic E-state index is 12.5. The molecule has 26 heavy (non-hydrogen) atoms. The first-order chi connectivity index (χ1) is 12.7. The van der Waals surface area contributed by atoms with Crippen LogP contribution in [0.2, 0.25) is 0 Å². The van der Waals surface area contributed by atoms with E-state index in [0.29, 0.717) is 11.6 Å². The van der Waals surface area contributed by atoms with Gasteiger partial charge in [-0.05, 0) is 57.1 Å². The molecule has 0 amide bonds. The van der Waals surface area contributed by atoms with Crippen LogP contribution in [0, 0.1) is 0 Å². The second-order valence-corrected chi connectivity index (χ2v) is 8.06. The summed E-state index contributed by atoms with van der Waals surface area (Å²) < 4.78 is 2.01. The summed E-state index contributed by atoms with van der Waals surface area (Å²) in [5.74, 6) is 0. The molecule has 1 fully saturated rings. The Bertz CT molecular complexity index is 813. The molecule has 0 bridgehead atoms. The van der Waals surface area contributed by atoms with Gasteiger partial charge in [0.2, 0.25) is 0 Å². The van der Waals surface area contributed by atoms with Gasteiger partial charge in [-0.2, -0.15) is 0 Å². The minimum absolute atomic E-state index is 0.0478. The molecular formula is C22H31N3O. The van der Waals surface area contributed by atoms with Gasteiger partial charge >= 0.3 is 5.69 Å². The zero-order valence-corrected chi connectivity index (χ0v) is 15.9. The van der Waals surface area contributed by atoms with Crippen molar-refractivity contribution in [1.82, 2.24) is 14.5 Å². The molecule has 1 N–H and O–H groups in total. The van der Waals surface area contributed by atoms with Crippen molar-refractivity contribution >= 4 is 11.0 Å².